The highest BCUT2D eigenvalue weighted by molar-refractivity contribution is 5.91. The molecule has 0 unspecified atom stereocenters. The highest BCUT2D eigenvalue weighted by Crippen LogP contribution is 2.61. The van der Waals surface area contributed by atoms with Crippen LogP contribution in [0.25, 0.3) is 0 Å². The molecular formula is C21H20O7. The summed E-state index contributed by atoms with van der Waals surface area (Å²) in [6.07, 6.45) is 0.175. The normalized spacial score (nSPS) is 35.9. The second-order valence-electron chi connectivity index (χ2n) is 7.78. The zero-order valence-corrected chi connectivity index (χ0v) is 15.3. The van der Waals surface area contributed by atoms with Gasteiger partial charge in [0.1, 0.15) is 17.1 Å². The van der Waals surface area contributed by atoms with Gasteiger partial charge in [-0.1, -0.05) is 30.3 Å². The lowest BCUT2D eigenvalue weighted by molar-refractivity contribution is -0.334. The Kier molecular flexibility index (Phi) is 3.62. The Morgan fingerprint density at radius 1 is 1.21 bits per heavy atom. The molecular weight excluding hydrogens is 364 g/mol. The molecule has 1 saturated carbocycles. The maximum atomic E-state index is 12.9. The number of ether oxygens (including phenoxy) is 3. The van der Waals surface area contributed by atoms with Gasteiger partial charge in [0.05, 0.1) is 19.3 Å². The molecule has 1 aromatic heterocycles. The zero-order chi connectivity index (χ0) is 19.6. The smallest absolute Gasteiger partial charge is 0.339 e. The molecule has 1 N–H and O–H groups in total. The zero-order valence-electron chi connectivity index (χ0n) is 15.3. The van der Waals surface area contributed by atoms with Crippen molar-refractivity contribution in [1.29, 1.82) is 0 Å². The number of ketones is 1. The number of hydrogen-bond acceptors (Lipinski definition) is 7. The minimum atomic E-state index is -1.72. The first-order chi connectivity index (χ1) is 13.4. The van der Waals surface area contributed by atoms with Gasteiger partial charge in [-0.05, 0) is 0 Å². The first-order valence-corrected chi connectivity index (χ1v) is 9.25. The number of hydrogen-bond donors (Lipinski definition) is 1. The third-order valence-electron chi connectivity index (χ3n) is 6.10. The van der Waals surface area contributed by atoms with E-state index in [9.17, 15) is 14.7 Å². The fraction of sp³-hybridized carbons (Fsp3) is 0.429. The average molecular weight is 384 g/mol. The molecule has 0 spiro atoms. The maximum Gasteiger partial charge on any atom is 0.339 e. The summed E-state index contributed by atoms with van der Waals surface area (Å²) in [7, 11) is 1.46. The Morgan fingerprint density at radius 2 is 2.00 bits per heavy atom. The van der Waals surface area contributed by atoms with E-state index in [0.717, 1.165) is 5.56 Å². The van der Waals surface area contributed by atoms with Crippen molar-refractivity contribution in [2.75, 3.05) is 7.11 Å². The van der Waals surface area contributed by atoms with Gasteiger partial charge in [-0.2, -0.15) is 0 Å². The molecule has 28 heavy (non-hydrogen) atoms. The number of Topliss-reactive ketones (excluding diaryl/α,β-unsaturated/α-hetero) is 1. The number of methoxy groups -OCH3 is 1. The minimum Gasteiger partial charge on any atom is -0.496 e. The van der Waals surface area contributed by atoms with Gasteiger partial charge in [0, 0.05) is 37.3 Å². The molecule has 5 rings (SSSR count). The Morgan fingerprint density at radius 3 is 2.75 bits per heavy atom. The van der Waals surface area contributed by atoms with Crippen LogP contribution in [-0.4, -0.2) is 35.3 Å². The molecule has 7 nitrogen and oxygen atoms in total. The van der Waals surface area contributed by atoms with Crippen molar-refractivity contribution in [3.63, 3.8) is 0 Å². The van der Waals surface area contributed by atoms with E-state index in [4.69, 9.17) is 18.6 Å². The monoisotopic (exact) mass is 384 g/mol. The Bertz CT molecular complexity index is 999. The summed E-state index contributed by atoms with van der Waals surface area (Å²) in [5, 5.41) is 11.5. The number of aliphatic hydroxyl groups is 1. The van der Waals surface area contributed by atoms with E-state index in [1.54, 1.807) is 6.07 Å². The van der Waals surface area contributed by atoms with Gasteiger partial charge in [-0.3, -0.25) is 4.79 Å². The van der Waals surface area contributed by atoms with Gasteiger partial charge in [0.15, 0.2) is 17.2 Å². The van der Waals surface area contributed by atoms with E-state index in [1.807, 2.05) is 30.3 Å². The molecule has 2 aliphatic heterocycles. The maximum absolute atomic E-state index is 12.9. The fourth-order valence-electron chi connectivity index (χ4n) is 4.90. The van der Waals surface area contributed by atoms with E-state index < -0.39 is 22.6 Å². The van der Waals surface area contributed by atoms with E-state index >= 15 is 0 Å². The predicted molar refractivity (Wildman–Crippen MR) is 95.9 cm³/mol. The van der Waals surface area contributed by atoms with Crippen molar-refractivity contribution in [2.45, 2.75) is 48.8 Å². The molecule has 3 fully saturated rings. The van der Waals surface area contributed by atoms with Gasteiger partial charge in [-0.25, -0.2) is 4.79 Å². The summed E-state index contributed by atoms with van der Waals surface area (Å²) in [5.41, 5.74) is -2.77. The van der Waals surface area contributed by atoms with Crippen molar-refractivity contribution in [2.24, 2.45) is 0 Å². The number of benzene rings is 1. The molecule has 2 aromatic rings. The Balaban J connectivity index is 1.62. The summed E-state index contributed by atoms with van der Waals surface area (Å²) in [6, 6.07) is 12.1. The Hall–Kier alpha value is -2.48. The average Bonchev–Trinajstić information content (AvgIpc) is 2.80. The topological polar surface area (TPSA) is 95.2 Å². The van der Waals surface area contributed by atoms with Crippen molar-refractivity contribution in [1.82, 2.24) is 0 Å². The summed E-state index contributed by atoms with van der Waals surface area (Å²) < 4.78 is 23.0. The molecule has 0 radical (unpaired) electrons. The lowest BCUT2D eigenvalue weighted by Gasteiger charge is -2.49. The van der Waals surface area contributed by atoms with Crippen molar-refractivity contribution in [3.8, 4) is 5.75 Å². The van der Waals surface area contributed by atoms with Gasteiger partial charge in [0.25, 0.3) is 0 Å². The van der Waals surface area contributed by atoms with E-state index in [-0.39, 0.29) is 31.1 Å². The van der Waals surface area contributed by atoms with Crippen LogP contribution >= 0.6 is 0 Å². The molecule has 3 heterocycles. The molecule has 3 bridgehead atoms. The Labute approximate surface area is 160 Å². The standard InChI is InChI=1S/C21H20O7/c1-25-14-7-15(26-18(23)9-14)10-19-11-16-8-17(22)20(19,24)12-21(27-16,28-19)13-5-3-2-4-6-13/h2-7,9,16,24H,8,10-12H2,1H3/t16-,19+,20+,21-/m0/s1. The quantitative estimate of drug-likeness (QED) is 0.857. The van der Waals surface area contributed by atoms with Crippen molar-refractivity contribution >= 4 is 5.78 Å². The van der Waals surface area contributed by atoms with Gasteiger partial charge < -0.3 is 23.7 Å². The molecule has 1 aliphatic carbocycles. The summed E-state index contributed by atoms with van der Waals surface area (Å²) in [5.74, 6) is -0.860. The fourth-order valence-corrected chi connectivity index (χ4v) is 4.90. The second kappa shape index (κ2) is 5.76. The lowest BCUT2D eigenvalue weighted by atomic mass is 9.68. The SMILES string of the molecule is COc1cc(C[C@@]23C[C@@H]4CC(=O)[C@]2(O)C[C@](c2ccccc2)(O4)O3)oc(=O)c1. The third kappa shape index (κ3) is 2.33. The summed E-state index contributed by atoms with van der Waals surface area (Å²) >= 11 is 0. The van der Waals surface area contributed by atoms with E-state index in [1.165, 1.54) is 13.2 Å². The van der Waals surface area contributed by atoms with Crippen molar-refractivity contribution in [3.05, 3.63) is 64.2 Å². The van der Waals surface area contributed by atoms with Crippen LogP contribution in [-0.2, 0) is 26.5 Å². The largest absolute Gasteiger partial charge is 0.496 e. The van der Waals surface area contributed by atoms with Crippen LogP contribution in [0.5, 0.6) is 5.75 Å². The van der Waals surface area contributed by atoms with Gasteiger partial charge >= 0.3 is 5.63 Å². The van der Waals surface area contributed by atoms with Crippen LogP contribution in [0.1, 0.15) is 30.6 Å². The molecule has 4 atom stereocenters. The molecule has 3 aliphatic rings. The number of carbonyl (C=O) groups is 1. The molecule has 1 aromatic carbocycles. The van der Waals surface area contributed by atoms with Gasteiger partial charge in [-0.15, -0.1) is 0 Å². The first-order valence-electron chi connectivity index (χ1n) is 9.25. The second-order valence-corrected chi connectivity index (χ2v) is 7.78. The van der Waals surface area contributed by atoms with E-state index in [2.05, 4.69) is 0 Å². The summed E-state index contributed by atoms with van der Waals surface area (Å²) in [4.78, 5) is 24.7. The molecule has 0 amide bonds. The molecule has 2 saturated heterocycles. The molecule has 146 valence electrons. The highest BCUT2D eigenvalue weighted by Gasteiger charge is 2.75. The van der Waals surface area contributed by atoms with Crippen LogP contribution in [0.15, 0.2) is 51.7 Å². The number of carbonyl (C=O) groups excluding carboxylic acids is 1. The van der Waals surface area contributed by atoms with Crippen molar-refractivity contribution < 1.29 is 28.5 Å². The lowest BCUT2D eigenvalue weighted by Crippen LogP contribution is -2.64. The van der Waals surface area contributed by atoms with Crippen LogP contribution in [0.2, 0.25) is 0 Å². The van der Waals surface area contributed by atoms with Crippen LogP contribution < -0.4 is 10.4 Å². The molecule has 7 heteroatoms. The predicted octanol–water partition coefficient (Wildman–Crippen LogP) is 1.70. The highest BCUT2D eigenvalue weighted by atomic mass is 16.7. The first kappa shape index (κ1) is 17.6. The van der Waals surface area contributed by atoms with Crippen LogP contribution in [0.4, 0.5) is 0 Å². The van der Waals surface area contributed by atoms with Gasteiger partial charge in [0.2, 0.25) is 0 Å². The summed E-state index contributed by atoms with van der Waals surface area (Å²) in [6.45, 7) is 0. The number of fused-ring (bicyclic) bond motifs is 2. The van der Waals surface area contributed by atoms with Crippen LogP contribution in [0.3, 0.4) is 0 Å². The van der Waals surface area contributed by atoms with Crippen LogP contribution in [0, 0.1) is 0 Å². The van der Waals surface area contributed by atoms with E-state index in [0.29, 0.717) is 17.9 Å². The third-order valence-corrected chi connectivity index (χ3v) is 6.10. The minimum absolute atomic E-state index is 0.00749. The number of rotatable bonds is 4.